The SMILES string of the molecule is Fc1ncccc1-c1cn(Cc2ccc3c(c2)CNC3)nn1. The van der Waals surface area contributed by atoms with E-state index < -0.39 is 5.95 Å². The lowest BCUT2D eigenvalue weighted by Gasteiger charge is -2.04. The predicted molar refractivity (Wildman–Crippen MR) is 79.3 cm³/mol. The average Bonchev–Trinajstić information content (AvgIpc) is 3.16. The lowest BCUT2D eigenvalue weighted by Crippen LogP contribution is -2.01. The van der Waals surface area contributed by atoms with Gasteiger partial charge in [0.2, 0.25) is 5.95 Å². The second-order valence-corrected chi connectivity index (χ2v) is 5.35. The van der Waals surface area contributed by atoms with E-state index in [0.717, 1.165) is 18.7 Å². The Bertz CT molecular complexity index is 827. The van der Waals surface area contributed by atoms with E-state index >= 15 is 0 Å². The molecule has 3 aromatic rings. The number of benzene rings is 1. The van der Waals surface area contributed by atoms with Crippen LogP contribution >= 0.6 is 0 Å². The Balaban J connectivity index is 1.59. The maximum atomic E-state index is 13.7. The molecule has 6 heteroatoms. The fraction of sp³-hybridized carbons (Fsp3) is 0.188. The van der Waals surface area contributed by atoms with Gasteiger partial charge in [0, 0.05) is 19.3 Å². The first-order valence-electron chi connectivity index (χ1n) is 7.12. The van der Waals surface area contributed by atoms with Crippen LogP contribution in [0.4, 0.5) is 4.39 Å². The van der Waals surface area contributed by atoms with E-state index in [0.29, 0.717) is 17.8 Å². The molecule has 0 amide bonds. The van der Waals surface area contributed by atoms with Gasteiger partial charge in [-0.05, 0) is 28.8 Å². The van der Waals surface area contributed by atoms with E-state index in [1.54, 1.807) is 23.0 Å². The van der Waals surface area contributed by atoms with Crippen molar-refractivity contribution >= 4 is 0 Å². The van der Waals surface area contributed by atoms with Crippen LogP contribution in [-0.4, -0.2) is 20.0 Å². The lowest BCUT2D eigenvalue weighted by molar-refractivity contribution is 0.587. The second kappa shape index (κ2) is 5.31. The number of rotatable bonds is 3. The first-order valence-corrected chi connectivity index (χ1v) is 7.12. The van der Waals surface area contributed by atoms with Crippen LogP contribution in [0.5, 0.6) is 0 Å². The molecule has 4 rings (SSSR count). The number of aromatic nitrogens is 4. The summed E-state index contributed by atoms with van der Waals surface area (Å²) in [5.74, 6) is -0.529. The number of nitrogens with zero attached hydrogens (tertiary/aromatic N) is 4. The van der Waals surface area contributed by atoms with E-state index in [4.69, 9.17) is 0 Å². The van der Waals surface area contributed by atoms with Gasteiger partial charge in [0.15, 0.2) is 0 Å². The van der Waals surface area contributed by atoms with Gasteiger partial charge < -0.3 is 5.32 Å². The molecule has 1 aliphatic heterocycles. The highest BCUT2D eigenvalue weighted by Gasteiger charge is 2.12. The van der Waals surface area contributed by atoms with Crippen molar-refractivity contribution in [3.8, 4) is 11.3 Å². The number of hydrogen-bond donors (Lipinski definition) is 1. The molecular weight excluding hydrogens is 281 g/mol. The Kier molecular flexibility index (Phi) is 3.16. The minimum absolute atomic E-state index is 0.368. The van der Waals surface area contributed by atoms with Gasteiger partial charge in [-0.3, -0.25) is 0 Å². The van der Waals surface area contributed by atoms with Gasteiger partial charge >= 0.3 is 0 Å². The van der Waals surface area contributed by atoms with E-state index in [-0.39, 0.29) is 0 Å². The molecule has 3 heterocycles. The molecule has 22 heavy (non-hydrogen) atoms. The summed E-state index contributed by atoms with van der Waals surface area (Å²) in [7, 11) is 0. The molecule has 0 spiro atoms. The standard InChI is InChI=1S/C16H14FN5/c17-16-14(2-1-5-19-16)15-10-22(21-20-15)9-11-3-4-12-7-18-8-13(12)6-11/h1-6,10,18H,7-9H2. The smallest absolute Gasteiger partial charge is 0.222 e. The number of hydrogen-bond acceptors (Lipinski definition) is 4. The molecule has 110 valence electrons. The molecule has 0 aliphatic carbocycles. The number of halogens is 1. The molecule has 0 unspecified atom stereocenters. The predicted octanol–water partition coefficient (Wildman–Crippen LogP) is 2.13. The molecule has 1 N–H and O–H groups in total. The minimum atomic E-state index is -0.529. The normalized spacial score (nSPS) is 13.3. The summed E-state index contributed by atoms with van der Waals surface area (Å²) >= 11 is 0. The molecule has 0 atom stereocenters. The molecule has 1 aromatic carbocycles. The first-order chi connectivity index (χ1) is 10.8. The molecule has 0 saturated carbocycles. The molecule has 0 saturated heterocycles. The van der Waals surface area contributed by atoms with Gasteiger partial charge in [-0.15, -0.1) is 5.10 Å². The summed E-state index contributed by atoms with van der Waals surface area (Å²) in [6.45, 7) is 2.46. The van der Waals surface area contributed by atoms with Crippen molar-refractivity contribution in [3.05, 3.63) is 65.4 Å². The Labute approximate surface area is 126 Å². The van der Waals surface area contributed by atoms with Crippen molar-refractivity contribution < 1.29 is 4.39 Å². The van der Waals surface area contributed by atoms with Crippen molar-refractivity contribution in [1.82, 2.24) is 25.3 Å². The zero-order valence-corrected chi connectivity index (χ0v) is 11.8. The number of nitrogens with one attached hydrogen (secondary N) is 1. The third kappa shape index (κ3) is 2.37. The van der Waals surface area contributed by atoms with Gasteiger partial charge in [-0.25, -0.2) is 9.67 Å². The highest BCUT2D eigenvalue weighted by Crippen LogP contribution is 2.20. The van der Waals surface area contributed by atoms with Gasteiger partial charge in [0.05, 0.1) is 18.3 Å². The Morgan fingerprint density at radius 3 is 3.00 bits per heavy atom. The second-order valence-electron chi connectivity index (χ2n) is 5.35. The van der Waals surface area contributed by atoms with E-state index in [1.165, 1.54) is 17.3 Å². The van der Waals surface area contributed by atoms with Crippen LogP contribution in [0.2, 0.25) is 0 Å². The molecule has 2 aromatic heterocycles. The Morgan fingerprint density at radius 1 is 1.18 bits per heavy atom. The fourth-order valence-electron chi connectivity index (χ4n) is 2.71. The van der Waals surface area contributed by atoms with Crippen molar-refractivity contribution in [3.63, 3.8) is 0 Å². The zero-order chi connectivity index (χ0) is 14.9. The molecule has 1 aliphatic rings. The topological polar surface area (TPSA) is 55.6 Å². The number of pyridine rings is 1. The van der Waals surface area contributed by atoms with Crippen LogP contribution in [-0.2, 0) is 19.6 Å². The summed E-state index contributed by atoms with van der Waals surface area (Å²) in [5.41, 5.74) is 4.70. The lowest BCUT2D eigenvalue weighted by atomic mass is 10.1. The van der Waals surface area contributed by atoms with Crippen molar-refractivity contribution in [2.24, 2.45) is 0 Å². The van der Waals surface area contributed by atoms with E-state index in [9.17, 15) is 4.39 Å². The van der Waals surface area contributed by atoms with Gasteiger partial charge in [0.1, 0.15) is 5.69 Å². The summed E-state index contributed by atoms with van der Waals surface area (Å²) in [6.07, 6.45) is 3.16. The molecule has 0 bridgehead atoms. The Morgan fingerprint density at radius 2 is 2.09 bits per heavy atom. The van der Waals surface area contributed by atoms with E-state index in [1.807, 2.05) is 0 Å². The molecular formula is C16H14FN5. The van der Waals surface area contributed by atoms with Crippen LogP contribution in [0, 0.1) is 5.95 Å². The van der Waals surface area contributed by atoms with Crippen molar-refractivity contribution in [2.75, 3.05) is 0 Å². The zero-order valence-electron chi connectivity index (χ0n) is 11.8. The highest BCUT2D eigenvalue weighted by molar-refractivity contribution is 5.56. The molecule has 0 fully saturated rings. The van der Waals surface area contributed by atoms with E-state index in [2.05, 4.69) is 38.8 Å². The molecule has 5 nitrogen and oxygen atoms in total. The van der Waals surface area contributed by atoms with Crippen LogP contribution in [0.25, 0.3) is 11.3 Å². The fourth-order valence-corrected chi connectivity index (χ4v) is 2.71. The third-order valence-electron chi connectivity index (χ3n) is 3.82. The Hall–Kier alpha value is -2.60. The van der Waals surface area contributed by atoms with Gasteiger partial charge in [0.25, 0.3) is 0 Å². The summed E-state index contributed by atoms with van der Waals surface area (Å²) < 4.78 is 15.4. The monoisotopic (exact) mass is 295 g/mol. The van der Waals surface area contributed by atoms with Crippen LogP contribution < -0.4 is 5.32 Å². The van der Waals surface area contributed by atoms with Gasteiger partial charge in [-0.1, -0.05) is 23.4 Å². The largest absolute Gasteiger partial charge is 0.309 e. The quantitative estimate of drug-likeness (QED) is 0.752. The first kappa shape index (κ1) is 13.1. The molecule has 0 radical (unpaired) electrons. The maximum absolute atomic E-state index is 13.7. The average molecular weight is 295 g/mol. The van der Waals surface area contributed by atoms with Crippen molar-refractivity contribution in [1.29, 1.82) is 0 Å². The van der Waals surface area contributed by atoms with Gasteiger partial charge in [-0.2, -0.15) is 4.39 Å². The maximum Gasteiger partial charge on any atom is 0.222 e. The summed E-state index contributed by atoms with van der Waals surface area (Å²) in [4.78, 5) is 3.64. The third-order valence-corrected chi connectivity index (χ3v) is 3.82. The minimum Gasteiger partial charge on any atom is -0.309 e. The summed E-state index contributed by atoms with van der Waals surface area (Å²) in [6, 6.07) is 9.76. The van der Waals surface area contributed by atoms with Crippen LogP contribution in [0.3, 0.4) is 0 Å². The summed E-state index contributed by atoms with van der Waals surface area (Å²) in [5, 5.41) is 11.4. The van der Waals surface area contributed by atoms with Crippen LogP contribution in [0.15, 0.2) is 42.7 Å². The van der Waals surface area contributed by atoms with Crippen molar-refractivity contribution in [2.45, 2.75) is 19.6 Å². The number of fused-ring (bicyclic) bond motifs is 1. The highest BCUT2D eigenvalue weighted by atomic mass is 19.1. The van der Waals surface area contributed by atoms with Crippen LogP contribution in [0.1, 0.15) is 16.7 Å².